The van der Waals surface area contributed by atoms with Crippen molar-refractivity contribution in [2.24, 2.45) is 10.2 Å². The number of carbonyl (C=O) groups is 1. The Kier molecular flexibility index (Phi) is 6.03. The summed E-state index contributed by atoms with van der Waals surface area (Å²) in [5, 5.41) is 29.3. The molecule has 3 aromatic rings. The van der Waals surface area contributed by atoms with E-state index in [1.165, 1.54) is 6.07 Å². The highest BCUT2D eigenvalue weighted by molar-refractivity contribution is 5.97. The summed E-state index contributed by atoms with van der Waals surface area (Å²) >= 11 is 0. The third kappa shape index (κ3) is 4.36. The Hall–Kier alpha value is -3.65. The summed E-state index contributed by atoms with van der Waals surface area (Å²) in [6.45, 7) is -0.174. The van der Waals surface area contributed by atoms with E-state index >= 15 is 0 Å². The van der Waals surface area contributed by atoms with Crippen molar-refractivity contribution in [1.29, 1.82) is 0 Å². The minimum Gasteiger partial charge on any atom is -0.442 e. The van der Waals surface area contributed by atoms with Crippen molar-refractivity contribution in [3.63, 3.8) is 0 Å². The summed E-state index contributed by atoms with van der Waals surface area (Å²) in [7, 11) is 0. The maximum Gasteiger partial charge on any atom is 0.452 e. The first kappa shape index (κ1) is 19.1. The van der Waals surface area contributed by atoms with Gasteiger partial charge in [-0.25, -0.2) is 4.79 Å². The Morgan fingerprint density at radius 1 is 1.07 bits per heavy atom. The molecule has 0 bridgehead atoms. The number of aliphatic hydroxyl groups is 1. The highest BCUT2D eigenvalue weighted by Crippen LogP contribution is 2.36. The number of ether oxygens (including phenoxy) is 1. The van der Waals surface area contributed by atoms with Crippen molar-refractivity contribution >= 4 is 28.2 Å². The maximum absolute atomic E-state index is 11.9. The van der Waals surface area contributed by atoms with Crippen LogP contribution in [0.25, 0.3) is 10.8 Å². The Morgan fingerprint density at radius 3 is 2.43 bits per heavy atom. The van der Waals surface area contributed by atoms with Crippen molar-refractivity contribution < 1.29 is 19.6 Å². The second-order valence-corrected chi connectivity index (χ2v) is 5.91. The van der Waals surface area contributed by atoms with Crippen LogP contribution in [0.4, 0.5) is 16.2 Å². The predicted octanol–water partition coefficient (Wildman–Crippen LogP) is 4.70. The van der Waals surface area contributed by atoms with E-state index in [9.17, 15) is 20.0 Å². The number of rotatable bonds is 6. The Morgan fingerprint density at radius 2 is 1.75 bits per heavy atom. The van der Waals surface area contributed by atoms with Gasteiger partial charge in [0.1, 0.15) is 12.3 Å². The molecule has 3 aromatic carbocycles. The summed E-state index contributed by atoms with van der Waals surface area (Å²) in [5.41, 5.74) is 1.22. The number of hydrogen-bond acceptors (Lipinski definition) is 6. The summed E-state index contributed by atoms with van der Waals surface area (Å²) in [6.07, 6.45) is -0.761. The average molecular weight is 379 g/mol. The molecule has 0 saturated heterocycles. The molecular weight excluding hydrogens is 362 g/mol. The number of amides is 1. The van der Waals surface area contributed by atoms with Crippen molar-refractivity contribution in [2.75, 3.05) is 6.61 Å². The number of nitro benzene ring substituents is 1. The molecule has 8 heteroatoms. The van der Waals surface area contributed by atoms with Crippen molar-refractivity contribution in [3.05, 3.63) is 81.9 Å². The van der Waals surface area contributed by atoms with E-state index in [4.69, 9.17) is 4.74 Å². The number of azo groups is 1. The molecule has 0 aliphatic heterocycles. The minimum absolute atomic E-state index is 0.0506. The van der Waals surface area contributed by atoms with Gasteiger partial charge >= 0.3 is 6.09 Å². The van der Waals surface area contributed by atoms with Gasteiger partial charge in [-0.2, -0.15) is 0 Å². The minimum atomic E-state index is -0.893. The molecule has 142 valence electrons. The molecule has 0 saturated carbocycles. The van der Waals surface area contributed by atoms with Gasteiger partial charge in [0.15, 0.2) is 0 Å². The van der Waals surface area contributed by atoms with Crippen LogP contribution in [-0.4, -0.2) is 22.7 Å². The molecule has 0 radical (unpaired) electrons. The van der Waals surface area contributed by atoms with Crippen LogP contribution in [0.15, 0.2) is 70.9 Å². The smallest absolute Gasteiger partial charge is 0.442 e. The molecule has 1 N–H and O–H groups in total. The van der Waals surface area contributed by atoms with Gasteiger partial charge in [0, 0.05) is 30.0 Å². The summed E-state index contributed by atoms with van der Waals surface area (Å²) in [6, 6.07) is 17.3. The lowest BCUT2D eigenvalue weighted by atomic mass is 9.99. The van der Waals surface area contributed by atoms with Crippen LogP contribution in [0.1, 0.15) is 11.1 Å². The fourth-order valence-electron chi connectivity index (χ4n) is 2.87. The van der Waals surface area contributed by atoms with E-state index in [-0.39, 0.29) is 31.0 Å². The van der Waals surface area contributed by atoms with E-state index in [2.05, 4.69) is 10.2 Å². The third-order valence-corrected chi connectivity index (χ3v) is 4.11. The first-order valence-corrected chi connectivity index (χ1v) is 8.52. The van der Waals surface area contributed by atoms with E-state index in [1.807, 2.05) is 18.2 Å². The molecule has 0 heterocycles. The number of nitrogens with zero attached hydrogens (tertiary/aromatic N) is 3. The lowest BCUT2D eigenvalue weighted by molar-refractivity contribution is -0.385. The molecule has 0 aliphatic rings. The molecule has 0 atom stereocenters. The van der Waals surface area contributed by atoms with Crippen LogP contribution < -0.4 is 0 Å². The first-order valence-electron chi connectivity index (χ1n) is 8.52. The van der Waals surface area contributed by atoms with Crippen LogP contribution in [-0.2, 0) is 17.8 Å². The van der Waals surface area contributed by atoms with E-state index in [1.54, 1.807) is 36.4 Å². The van der Waals surface area contributed by atoms with Gasteiger partial charge in [-0.3, -0.25) is 10.1 Å². The largest absolute Gasteiger partial charge is 0.452 e. The molecule has 0 unspecified atom stereocenters. The zero-order chi connectivity index (χ0) is 19.9. The quantitative estimate of drug-likeness (QED) is 0.379. The van der Waals surface area contributed by atoms with Crippen LogP contribution >= 0.6 is 0 Å². The lowest BCUT2D eigenvalue weighted by Gasteiger charge is -2.08. The molecule has 1 amide bonds. The number of aliphatic hydroxyl groups excluding tert-OH is 1. The van der Waals surface area contributed by atoms with Gasteiger partial charge in [0.2, 0.25) is 0 Å². The van der Waals surface area contributed by atoms with Gasteiger partial charge in [0.05, 0.1) is 4.92 Å². The maximum atomic E-state index is 11.9. The van der Waals surface area contributed by atoms with Gasteiger partial charge in [-0.1, -0.05) is 59.7 Å². The first-order chi connectivity index (χ1) is 13.6. The second-order valence-electron chi connectivity index (χ2n) is 5.91. The summed E-state index contributed by atoms with van der Waals surface area (Å²) in [5.74, 6) is 0. The Balaban J connectivity index is 1.89. The SMILES string of the molecule is O=C(/N=N\c1cc([N+](=O)[O-])c(CCO)c2ccccc12)OCc1ccccc1. The molecule has 0 fully saturated rings. The summed E-state index contributed by atoms with van der Waals surface area (Å²) in [4.78, 5) is 22.8. The Labute approximate surface area is 160 Å². The second kappa shape index (κ2) is 8.83. The molecule has 0 aliphatic carbocycles. The molecule has 8 nitrogen and oxygen atoms in total. The standard InChI is InChI=1S/C20H17N3O5/c24-11-10-17-15-8-4-5-9-16(15)18(12-19(17)23(26)27)21-22-20(25)28-13-14-6-2-1-3-7-14/h1-9,12,24H,10-11,13H2/b22-21-. The molecule has 0 aromatic heterocycles. The number of fused-ring (bicyclic) bond motifs is 1. The van der Waals surface area contributed by atoms with Crippen LogP contribution in [0.2, 0.25) is 0 Å². The number of hydrogen-bond donors (Lipinski definition) is 1. The number of nitro groups is 1. The van der Waals surface area contributed by atoms with E-state index < -0.39 is 11.0 Å². The Bertz CT molecular complexity index is 1030. The van der Waals surface area contributed by atoms with Crippen molar-refractivity contribution in [3.8, 4) is 0 Å². The number of benzene rings is 3. The van der Waals surface area contributed by atoms with Crippen molar-refractivity contribution in [1.82, 2.24) is 0 Å². The normalized spacial score (nSPS) is 11.0. The zero-order valence-electron chi connectivity index (χ0n) is 14.8. The molecule has 0 spiro atoms. The lowest BCUT2D eigenvalue weighted by Crippen LogP contribution is -2.00. The van der Waals surface area contributed by atoms with Gasteiger partial charge in [-0.15, -0.1) is 5.11 Å². The van der Waals surface area contributed by atoms with Crippen LogP contribution in [0.3, 0.4) is 0 Å². The van der Waals surface area contributed by atoms with Gasteiger partial charge in [0.25, 0.3) is 5.69 Å². The zero-order valence-corrected chi connectivity index (χ0v) is 14.8. The predicted molar refractivity (Wildman–Crippen MR) is 103 cm³/mol. The fourth-order valence-corrected chi connectivity index (χ4v) is 2.87. The summed E-state index contributed by atoms with van der Waals surface area (Å²) < 4.78 is 5.04. The third-order valence-electron chi connectivity index (χ3n) is 4.11. The molecule has 28 heavy (non-hydrogen) atoms. The van der Waals surface area contributed by atoms with Crippen LogP contribution in [0.5, 0.6) is 0 Å². The molecular formula is C20H17N3O5. The monoisotopic (exact) mass is 379 g/mol. The van der Waals surface area contributed by atoms with Gasteiger partial charge < -0.3 is 9.84 Å². The van der Waals surface area contributed by atoms with E-state index in [0.717, 1.165) is 5.56 Å². The van der Waals surface area contributed by atoms with Crippen molar-refractivity contribution in [2.45, 2.75) is 13.0 Å². The highest BCUT2D eigenvalue weighted by atomic mass is 16.6. The topological polar surface area (TPSA) is 114 Å². The fraction of sp³-hybridized carbons (Fsp3) is 0.150. The van der Waals surface area contributed by atoms with E-state index in [0.29, 0.717) is 16.3 Å². The average Bonchev–Trinajstić information content (AvgIpc) is 2.72. The number of carbonyl (C=O) groups excluding carboxylic acids is 1. The highest BCUT2D eigenvalue weighted by Gasteiger charge is 2.20. The molecule has 3 rings (SSSR count). The van der Waals surface area contributed by atoms with Gasteiger partial charge in [-0.05, 0) is 10.9 Å². The van der Waals surface area contributed by atoms with Crippen LogP contribution in [0, 0.1) is 10.1 Å².